The molecule has 3 rings (SSSR count). The second kappa shape index (κ2) is 5.61. The van der Waals surface area contributed by atoms with E-state index in [1.165, 1.54) is 0 Å². The SMILES string of the molecule is Cc1[nH]ncc1CNC(=O)C1=Cc2cc(Cl)ccc2OC1. The van der Waals surface area contributed by atoms with Crippen LogP contribution in [0.1, 0.15) is 16.8 Å². The molecule has 0 saturated carbocycles. The highest BCUT2D eigenvalue weighted by molar-refractivity contribution is 6.30. The number of aromatic amines is 1. The van der Waals surface area contributed by atoms with Crippen LogP contribution in [0, 0.1) is 6.92 Å². The Morgan fingerprint density at radius 2 is 2.38 bits per heavy atom. The fraction of sp³-hybridized carbons (Fsp3) is 0.200. The van der Waals surface area contributed by atoms with Crippen molar-refractivity contribution in [2.75, 3.05) is 6.61 Å². The quantitative estimate of drug-likeness (QED) is 0.915. The summed E-state index contributed by atoms with van der Waals surface area (Å²) in [4.78, 5) is 12.2. The lowest BCUT2D eigenvalue weighted by atomic mass is 10.1. The van der Waals surface area contributed by atoms with Gasteiger partial charge in [-0.05, 0) is 31.2 Å². The van der Waals surface area contributed by atoms with Crippen molar-refractivity contribution in [2.45, 2.75) is 13.5 Å². The first-order valence-electron chi connectivity index (χ1n) is 6.53. The van der Waals surface area contributed by atoms with Gasteiger partial charge in [0.25, 0.3) is 5.91 Å². The molecule has 2 aromatic rings. The van der Waals surface area contributed by atoms with Crippen LogP contribution in [0.2, 0.25) is 5.02 Å². The number of H-pyrrole nitrogens is 1. The Hall–Kier alpha value is -2.27. The van der Waals surface area contributed by atoms with Gasteiger partial charge in [-0.25, -0.2) is 0 Å². The van der Waals surface area contributed by atoms with Crippen molar-refractivity contribution >= 4 is 23.6 Å². The zero-order valence-electron chi connectivity index (χ0n) is 11.4. The van der Waals surface area contributed by atoms with Gasteiger partial charge in [-0.3, -0.25) is 9.89 Å². The number of hydrogen-bond acceptors (Lipinski definition) is 3. The number of carbonyl (C=O) groups excluding carboxylic acids is 1. The number of aryl methyl sites for hydroxylation is 1. The molecule has 1 aromatic heterocycles. The van der Waals surface area contributed by atoms with Gasteiger partial charge < -0.3 is 10.1 Å². The topological polar surface area (TPSA) is 67.0 Å². The summed E-state index contributed by atoms with van der Waals surface area (Å²) in [5.74, 6) is 0.586. The van der Waals surface area contributed by atoms with Gasteiger partial charge >= 0.3 is 0 Å². The fourth-order valence-corrected chi connectivity index (χ4v) is 2.30. The maximum absolute atomic E-state index is 12.2. The first-order chi connectivity index (χ1) is 10.1. The molecule has 5 nitrogen and oxygen atoms in total. The number of rotatable bonds is 3. The molecule has 0 aliphatic carbocycles. The molecule has 6 heteroatoms. The van der Waals surface area contributed by atoms with E-state index < -0.39 is 0 Å². The number of amides is 1. The van der Waals surface area contributed by atoms with Gasteiger partial charge in [-0.1, -0.05) is 11.6 Å². The number of aromatic nitrogens is 2. The van der Waals surface area contributed by atoms with Crippen molar-refractivity contribution in [3.63, 3.8) is 0 Å². The van der Waals surface area contributed by atoms with Crippen LogP contribution in [0.3, 0.4) is 0 Å². The van der Waals surface area contributed by atoms with Gasteiger partial charge in [-0.2, -0.15) is 5.10 Å². The molecule has 0 radical (unpaired) electrons. The van der Waals surface area contributed by atoms with Crippen molar-refractivity contribution in [1.82, 2.24) is 15.5 Å². The van der Waals surface area contributed by atoms with E-state index in [4.69, 9.17) is 16.3 Å². The third kappa shape index (κ3) is 2.92. The lowest BCUT2D eigenvalue weighted by Crippen LogP contribution is -2.28. The third-order valence-corrected chi connectivity index (χ3v) is 3.59. The highest BCUT2D eigenvalue weighted by Crippen LogP contribution is 2.28. The summed E-state index contributed by atoms with van der Waals surface area (Å²) in [6.07, 6.45) is 3.51. The van der Waals surface area contributed by atoms with Gasteiger partial charge in [0.2, 0.25) is 0 Å². The zero-order valence-corrected chi connectivity index (χ0v) is 12.2. The molecule has 2 heterocycles. The summed E-state index contributed by atoms with van der Waals surface area (Å²) in [5, 5.41) is 10.2. The Morgan fingerprint density at radius 1 is 1.52 bits per heavy atom. The summed E-state index contributed by atoms with van der Waals surface area (Å²) < 4.78 is 5.57. The molecule has 0 bridgehead atoms. The van der Waals surface area contributed by atoms with E-state index in [-0.39, 0.29) is 12.5 Å². The van der Waals surface area contributed by atoms with Gasteiger partial charge in [0.1, 0.15) is 12.4 Å². The van der Waals surface area contributed by atoms with Crippen LogP contribution < -0.4 is 10.1 Å². The number of fused-ring (bicyclic) bond motifs is 1. The molecule has 0 unspecified atom stereocenters. The minimum absolute atomic E-state index is 0.152. The Bertz CT molecular complexity index is 721. The first-order valence-corrected chi connectivity index (χ1v) is 6.91. The molecule has 0 spiro atoms. The number of carbonyl (C=O) groups is 1. The number of hydrogen-bond donors (Lipinski definition) is 2. The Labute approximate surface area is 127 Å². The molecular formula is C15H14ClN3O2. The molecule has 108 valence electrons. The summed E-state index contributed by atoms with van der Waals surface area (Å²) >= 11 is 5.95. The normalized spacial score (nSPS) is 13.1. The molecule has 1 aliphatic rings. The van der Waals surface area contributed by atoms with Gasteiger partial charge in [0, 0.05) is 28.4 Å². The van der Waals surface area contributed by atoms with Crippen molar-refractivity contribution in [2.24, 2.45) is 0 Å². The van der Waals surface area contributed by atoms with Crippen LogP contribution in [-0.2, 0) is 11.3 Å². The monoisotopic (exact) mass is 303 g/mol. The Morgan fingerprint density at radius 3 is 3.14 bits per heavy atom. The molecule has 0 saturated heterocycles. The van der Waals surface area contributed by atoms with Crippen LogP contribution in [0.5, 0.6) is 5.75 Å². The second-order valence-corrected chi connectivity index (χ2v) is 5.28. The van der Waals surface area contributed by atoms with E-state index in [0.717, 1.165) is 22.6 Å². The number of nitrogens with zero attached hydrogens (tertiary/aromatic N) is 1. The smallest absolute Gasteiger partial charge is 0.250 e. The van der Waals surface area contributed by atoms with Crippen LogP contribution in [-0.4, -0.2) is 22.7 Å². The van der Waals surface area contributed by atoms with E-state index in [1.54, 1.807) is 24.4 Å². The van der Waals surface area contributed by atoms with Crippen molar-refractivity contribution in [3.05, 3.63) is 51.8 Å². The van der Waals surface area contributed by atoms with Crippen LogP contribution in [0.15, 0.2) is 30.0 Å². The summed E-state index contributed by atoms with van der Waals surface area (Å²) in [6.45, 7) is 2.60. The first kappa shape index (κ1) is 13.7. The number of benzene rings is 1. The van der Waals surface area contributed by atoms with Crippen LogP contribution >= 0.6 is 11.6 Å². The number of ether oxygens (including phenoxy) is 1. The van der Waals surface area contributed by atoms with Crippen molar-refractivity contribution in [1.29, 1.82) is 0 Å². The minimum Gasteiger partial charge on any atom is -0.488 e. The predicted molar refractivity (Wildman–Crippen MR) is 80.1 cm³/mol. The van der Waals surface area contributed by atoms with E-state index in [1.807, 2.05) is 13.0 Å². The number of nitrogens with one attached hydrogen (secondary N) is 2. The molecule has 1 amide bonds. The van der Waals surface area contributed by atoms with Crippen molar-refractivity contribution in [3.8, 4) is 5.75 Å². The van der Waals surface area contributed by atoms with E-state index in [9.17, 15) is 4.79 Å². The third-order valence-electron chi connectivity index (χ3n) is 3.35. The lowest BCUT2D eigenvalue weighted by molar-refractivity contribution is -0.117. The second-order valence-electron chi connectivity index (χ2n) is 4.84. The average molecular weight is 304 g/mol. The average Bonchev–Trinajstić information content (AvgIpc) is 2.89. The molecule has 0 fully saturated rings. The summed E-state index contributed by atoms with van der Waals surface area (Å²) in [6, 6.07) is 5.35. The zero-order chi connectivity index (χ0) is 14.8. The Balaban J connectivity index is 1.72. The molecule has 21 heavy (non-hydrogen) atoms. The molecule has 2 N–H and O–H groups in total. The largest absolute Gasteiger partial charge is 0.488 e. The summed E-state index contributed by atoms with van der Waals surface area (Å²) in [7, 11) is 0. The molecule has 1 aliphatic heterocycles. The van der Waals surface area contributed by atoms with E-state index >= 15 is 0 Å². The predicted octanol–water partition coefficient (Wildman–Crippen LogP) is 2.46. The van der Waals surface area contributed by atoms with E-state index in [0.29, 0.717) is 17.1 Å². The Kier molecular flexibility index (Phi) is 3.66. The standard InChI is InChI=1S/C15H14ClN3O2/c1-9-12(7-18-19-9)6-17-15(20)11-4-10-5-13(16)2-3-14(10)21-8-11/h2-5,7H,6,8H2,1H3,(H,17,20)(H,18,19). The van der Waals surface area contributed by atoms with Gasteiger partial charge in [0.15, 0.2) is 0 Å². The number of halogens is 1. The van der Waals surface area contributed by atoms with Gasteiger partial charge in [-0.15, -0.1) is 0 Å². The highest BCUT2D eigenvalue weighted by Gasteiger charge is 2.17. The van der Waals surface area contributed by atoms with Crippen LogP contribution in [0.25, 0.3) is 6.08 Å². The molecular weight excluding hydrogens is 290 g/mol. The maximum atomic E-state index is 12.2. The summed E-state index contributed by atoms with van der Waals surface area (Å²) in [5.41, 5.74) is 3.30. The fourth-order valence-electron chi connectivity index (χ4n) is 2.12. The maximum Gasteiger partial charge on any atom is 0.250 e. The minimum atomic E-state index is -0.152. The molecule has 1 aromatic carbocycles. The highest BCUT2D eigenvalue weighted by atomic mass is 35.5. The molecule has 0 atom stereocenters. The lowest BCUT2D eigenvalue weighted by Gasteiger charge is -2.17. The van der Waals surface area contributed by atoms with Crippen molar-refractivity contribution < 1.29 is 9.53 Å². The van der Waals surface area contributed by atoms with E-state index in [2.05, 4.69) is 15.5 Å². The van der Waals surface area contributed by atoms with Crippen LogP contribution in [0.4, 0.5) is 0 Å². The van der Waals surface area contributed by atoms with Gasteiger partial charge in [0.05, 0.1) is 11.8 Å².